The molecular formula is C97H122N12O15P3S+3. The van der Waals surface area contributed by atoms with E-state index in [0.717, 1.165) is 67.2 Å². The van der Waals surface area contributed by atoms with Gasteiger partial charge in [-0.3, -0.25) is 47.3 Å². The molecule has 128 heavy (non-hydrogen) atoms. The number of quaternary nitrogens is 3. The van der Waals surface area contributed by atoms with E-state index < -0.39 is 38.3 Å². The lowest BCUT2D eigenvalue weighted by molar-refractivity contribution is -0.890. The van der Waals surface area contributed by atoms with E-state index in [9.17, 15) is 51.2 Å². The van der Waals surface area contributed by atoms with Crippen molar-refractivity contribution >= 4 is 82.0 Å². The molecule has 6 aromatic carbocycles. The van der Waals surface area contributed by atoms with Crippen molar-refractivity contribution in [2.75, 3.05) is 159 Å². The first kappa shape index (κ1) is 99.8. The highest BCUT2D eigenvalue weighted by Gasteiger charge is 2.33. The minimum Gasteiger partial charge on any atom is -0.486 e. The quantitative estimate of drug-likeness (QED) is 0.00833. The van der Waals surface area contributed by atoms with E-state index >= 15 is 0 Å². The van der Waals surface area contributed by atoms with Crippen LogP contribution < -0.4 is 62.8 Å². The summed E-state index contributed by atoms with van der Waals surface area (Å²) < 4.78 is 96.1. The Morgan fingerprint density at radius 1 is 0.445 bits per heavy atom. The Morgan fingerprint density at radius 2 is 0.781 bits per heavy atom. The van der Waals surface area contributed by atoms with E-state index in [1.54, 1.807) is 182 Å². The molecule has 0 aliphatic carbocycles. The van der Waals surface area contributed by atoms with Crippen LogP contribution in [0, 0.1) is 35.5 Å². The lowest BCUT2D eigenvalue weighted by atomic mass is 10.1. The molecule has 27 nitrogen and oxygen atoms in total. The normalized spacial score (nSPS) is 15.1. The van der Waals surface area contributed by atoms with Crippen LogP contribution in [-0.4, -0.2) is 254 Å². The number of unbranched alkanes of at least 4 members (excludes halogenated alkanes) is 2. The van der Waals surface area contributed by atoms with Crippen molar-refractivity contribution in [1.82, 2.24) is 40.3 Å². The Labute approximate surface area is 754 Å². The Bertz CT molecular complexity index is 5690. The number of Topliss-reactive ketones (excluding diaryl/α,β-unsaturated/α-hetero) is 1. The second kappa shape index (κ2) is 47.3. The van der Waals surface area contributed by atoms with Crippen LogP contribution >= 0.6 is 22.1 Å². The van der Waals surface area contributed by atoms with Gasteiger partial charge in [0.15, 0.2) is 19.0 Å². The summed E-state index contributed by atoms with van der Waals surface area (Å²) in [6.07, 6.45) is 5.88. The molecule has 3 aromatic heterocycles. The van der Waals surface area contributed by atoms with E-state index in [1.165, 1.54) is 18.2 Å². The largest absolute Gasteiger partial charge is 0.486 e. The average Bonchev–Trinajstić information content (AvgIpc) is 0.871. The van der Waals surface area contributed by atoms with Gasteiger partial charge in [0.05, 0.1) is 117 Å². The predicted octanol–water partition coefficient (Wildman–Crippen LogP) is 7.71. The molecule has 1 saturated heterocycles. The van der Waals surface area contributed by atoms with Crippen molar-refractivity contribution in [3.05, 3.63) is 251 Å². The molecule has 678 valence electrons. The number of ether oxygens (including phenoxy) is 3. The molecule has 4 heterocycles. The molecule has 4 atom stereocenters. The number of hydrogen-bond acceptors (Lipinski definition) is 18. The van der Waals surface area contributed by atoms with Crippen LogP contribution in [0.2, 0.25) is 0 Å². The Kier molecular flexibility index (Phi) is 36.9. The lowest BCUT2D eigenvalue weighted by Gasteiger charge is -2.34. The Hall–Kier alpha value is -10.3. The van der Waals surface area contributed by atoms with E-state index in [2.05, 4.69) is 103 Å². The smallest absolute Gasteiger partial charge is 0.276 e. The van der Waals surface area contributed by atoms with Gasteiger partial charge in [0.2, 0.25) is 0 Å². The number of nitrogens with zero attached hydrogens (tertiary/aromatic N) is 9. The highest BCUT2D eigenvalue weighted by atomic mass is 32.2. The van der Waals surface area contributed by atoms with Crippen molar-refractivity contribution in [2.45, 2.75) is 84.5 Å². The fourth-order valence-electron chi connectivity index (χ4n) is 14.5. The van der Waals surface area contributed by atoms with E-state index in [0.29, 0.717) is 138 Å². The first-order chi connectivity index (χ1) is 61.0. The van der Waals surface area contributed by atoms with Crippen molar-refractivity contribution in [1.29, 1.82) is 0 Å². The van der Waals surface area contributed by atoms with Crippen molar-refractivity contribution in [3.63, 3.8) is 0 Å². The molecule has 8 N–H and O–H groups in total. The van der Waals surface area contributed by atoms with Gasteiger partial charge >= 0.3 is 0 Å². The lowest BCUT2D eigenvalue weighted by Crippen LogP contribution is -2.48. The molecular weight excluding hydrogens is 1700 g/mol. The third kappa shape index (κ3) is 32.4. The monoisotopic (exact) mass is 1820 g/mol. The summed E-state index contributed by atoms with van der Waals surface area (Å²) in [7, 11) is -4.77. The molecule has 1 aliphatic heterocycles. The predicted molar refractivity (Wildman–Crippen MR) is 504 cm³/mol. The van der Waals surface area contributed by atoms with Crippen LogP contribution in [0.3, 0.4) is 0 Å². The summed E-state index contributed by atoms with van der Waals surface area (Å²) >= 11 is 0. The van der Waals surface area contributed by atoms with Crippen LogP contribution in [0.4, 0.5) is 0 Å². The summed E-state index contributed by atoms with van der Waals surface area (Å²) in [4.78, 5) is 96.7. The maximum absolute atomic E-state index is 14.9. The first-order valence-corrected chi connectivity index (χ1v) is 49.9. The molecule has 31 heteroatoms. The van der Waals surface area contributed by atoms with Gasteiger partial charge in [0, 0.05) is 134 Å². The highest BCUT2D eigenvalue weighted by molar-refractivity contribution is 7.85. The standard InChI is InChI=1S/C97H119N12O15P3S/c1-9-11-55-107(3,4)57-22-24-86(110)73-122-87-43-37-76(38-44-87)33-36-81-64-84(103-97(67-81)127(117,118)92-29-20-15-21-30-92)71-106-54-53-104(69-82-62-79(65-95(101-82)125(113,114)90-25-16-13-17-26-90)34-31-77-39-45-89(46-40-77)124-75-94(112)100-50-60-109(7,8)58-23-61-128(119,120)121)51-52-105(72-85(106)68-98)70-83-63-80(66-96(102-83)126(115,116)91-27-18-14-19-28-91)35-32-78-41-47-88(48-42-78)123-74-93(111)99-49-59-108(5,6)56-12-10-2/h13-21,25-30,37-48,62-67,85H,9-12,22-24,49-61,68-75,98H2,1-8H3,(H3-3,99,100,111,112,113,114,115,116,117,118,119,120,121)/p+3. The van der Waals surface area contributed by atoms with Crippen LogP contribution in [0.25, 0.3) is 0 Å². The van der Waals surface area contributed by atoms with Gasteiger partial charge in [0.25, 0.3) is 44.0 Å². The summed E-state index contributed by atoms with van der Waals surface area (Å²) in [5.41, 5.74) is 10.9. The number of pyridine rings is 3. The Balaban J connectivity index is 0.968. The number of ketones is 1. The van der Waals surface area contributed by atoms with E-state index in [1.807, 2.05) is 14.1 Å². The van der Waals surface area contributed by atoms with Crippen LogP contribution in [0.1, 0.15) is 109 Å². The minimum atomic E-state index is -4.39. The van der Waals surface area contributed by atoms with Crippen molar-refractivity contribution < 1.29 is 83.4 Å². The number of hydrogen-bond donors (Lipinski definition) is 7. The van der Waals surface area contributed by atoms with Crippen LogP contribution in [-0.2, 0) is 57.8 Å². The number of rotatable bonds is 42. The molecule has 0 spiro atoms. The molecule has 9 aromatic rings. The summed E-state index contributed by atoms with van der Waals surface area (Å²) in [6, 6.07) is 55.2. The SMILES string of the molecule is CCCC[N+](C)(C)CCCC(=O)COc1ccc(C#Cc2cc(CN3CCN(Cc4cc(C#Cc5ccc(OCC(=O)NCC[N+](C)(C)CCCS(=O)(=O)O)cc5)cc(P(=O)(O)c5ccccc5)n4)CCN(Cc4cc(C#Cc5ccc(OCC(=O)NCC[N+](C)(C)CCCC)cc5)cc(P(=O)(O)c5ccccc5)n4)CC3CN)nc(P(=O)(O)c3ccccc3)c2)cc1. The molecule has 0 bridgehead atoms. The highest BCUT2D eigenvalue weighted by Crippen LogP contribution is 2.40. The fraction of sp³-hybridized carbons (Fsp3) is 0.381. The number of likely N-dealkylation sites (N-methyl/N-ethyl adjacent to an activating group) is 2. The summed E-state index contributed by atoms with van der Waals surface area (Å²) in [5, 5.41) is 6.29. The fourth-order valence-corrected chi connectivity index (χ4v) is 19.3. The second-order valence-corrected chi connectivity index (χ2v) is 42.2. The maximum atomic E-state index is 14.9. The summed E-state index contributed by atoms with van der Waals surface area (Å²) in [5.74, 6) is 19.8. The maximum Gasteiger partial charge on any atom is 0.276 e. The third-order valence-corrected chi connectivity index (χ3v) is 28.5. The van der Waals surface area contributed by atoms with Gasteiger partial charge < -0.3 is 58.7 Å². The molecule has 0 saturated carbocycles. The van der Waals surface area contributed by atoms with Gasteiger partial charge in [0.1, 0.15) is 40.2 Å². The Morgan fingerprint density at radius 3 is 1.16 bits per heavy atom. The van der Waals surface area contributed by atoms with Gasteiger partial charge in [-0.1, -0.05) is 117 Å². The first-order valence-electron chi connectivity index (χ1n) is 43.3. The van der Waals surface area contributed by atoms with Gasteiger partial charge in [-0.15, -0.1) is 0 Å². The zero-order valence-corrected chi connectivity index (χ0v) is 78.1. The molecule has 4 unspecified atom stereocenters. The number of nitrogens with two attached hydrogens (primary N) is 1. The number of aromatic nitrogens is 3. The van der Waals surface area contributed by atoms with Crippen molar-refractivity contribution in [2.24, 2.45) is 5.73 Å². The zero-order valence-electron chi connectivity index (χ0n) is 74.6. The molecule has 1 aliphatic rings. The van der Waals surface area contributed by atoms with Crippen LogP contribution in [0.15, 0.2) is 200 Å². The molecule has 2 amide bonds. The number of amides is 2. The summed E-state index contributed by atoms with van der Waals surface area (Å²) in [6.45, 7) is 11.5. The molecule has 10 rings (SSSR count). The zero-order chi connectivity index (χ0) is 92.0. The number of carbonyl (C=O) groups excluding carboxylic acids is 3. The minimum absolute atomic E-state index is 0.0139. The van der Waals surface area contributed by atoms with Gasteiger partial charge in [-0.25, -0.2) is 15.0 Å². The van der Waals surface area contributed by atoms with Crippen molar-refractivity contribution in [3.8, 4) is 52.8 Å². The number of benzene rings is 6. The second-order valence-electron chi connectivity index (χ2n) is 34.2. The van der Waals surface area contributed by atoms with E-state index in [-0.39, 0.29) is 108 Å². The van der Waals surface area contributed by atoms with Gasteiger partial charge in [-0.05, 0) is 158 Å². The topological polar surface area (TPSA) is 344 Å². The van der Waals surface area contributed by atoms with Crippen LogP contribution in [0.5, 0.6) is 17.2 Å². The number of carbonyl (C=O) groups is 3. The number of nitrogens with one attached hydrogen (secondary N) is 2. The average molecular weight is 1820 g/mol. The molecule has 1 fully saturated rings. The third-order valence-electron chi connectivity index (χ3n) is 22.1. The van der Waals surface area contributed by atoms with E-state index in [4.69, 9.17) is 39.4 Å². The van der Waals surface area contributed by atoms with Gasteiger partial charge in [-0.2, -0.15) is 8.42 Å². The molecule has 0 radical (unpaired) electrons.